The van der Waals surface area contributed by atoms with Gasteiger partial charge in [0.1, 0.15) is 11.3 Å². The third-order valence-electron chi connectivity index (χ3n) is 5.58. The summed E-state index contributed by atoms with van der Waals surface area (Å²) in [5.41, 5.74) is 5.00. The molecule has 0 unspecified atom stereocenters. The number of nitrogens with zero attached hydrogens (tertiary/aromatic N) is 4. The van der Waals surface area contributed by atoms with Crippen LogP contribution in [-0.2, 0) is 0 Å². The highest BCUT2D eigenvalue weighted by Crippen LogP contribution is 2.29. The molecule has 0 bridgehead atoms. The molecule has 0 radical (unpaired) electrons. The highest BCUT2D eigenvalue weighted by molar-refractivity contribution is 6.30. The van der Waals surface area contributed by atoms with Crippen molar-refractivity contribution in [1.82, 2.24) is 29.7 Å². The van der Waals surface area contributed by atoms with E-state index in [0.717, 1.165) is 11.3 Å². The molecule has 1 atom stereocenters. The van der Waals surface area contributed by atoms with Gasteiger partial charge in [0.2, 0.25) is 0 Å². The number of aromatic nitrogens is 6. The number of hydrogen-bond donors (Lipinski definition) is 3. The summed E-state index contributed by atoms with van der Waals surface area (Å²) in [6.07, 6.45) is 6.66. The lowest BCUT2D eigenvalue weighted by Crippen LogP contribution is -2.26. The Kier molecular flexibility index (Phi) is 5.27. The Labute approximate surface area is 191 Å². The number of rotatable bonds is 5. The van der Waals surface area contributed by atoms with Crippen LogP contribution in [0.1, 0.15) is 17.3 Å². The van der Waals surface area contributed by atoms with Crippen LogP contribution in [0, 0.1) is 12.7 Å². The van der Waals surface area contributed by atoms with E-state index in [1.54, 1.807) is 36.9 Å². The van der Waals surface area contributed by atoms with Crippen LogP contribution >= 0.6 is 11.6 Å². The SMILES string of the molecule is Cc1[nH]ncc1-c1cnc2[nH]cc(-c3ccn([C@H](CO)c4ccc(Cl)c(F)c4)c(=O)c3)c2n1. The monoisotopic (exact) mass is 464 g/mol. The van der Waals surface area contributed by atoms with Gasteiger partial charge in [-0.05, 0) is 36.2 Å². The minimum Gasteiger partial charge on any atom is -0.394 e. The molecule has 0 aliphatic heterocycles. The van der Waals surface area contributed by atoms with Gasteiger partial charge in [-0.2, -0.15) is 5.10 Å². The van der Waals surface area contributed by atoms with Crippen LogP contribution in [0.15, 0.2) is 59.9 Å². The van der Waals surface area contributed by atoms with Crippen LogP contribution in [0.5, 0.6) is 0 Å². The maximum Gasteiger partial charge on any atom is 0.251 e. The number of halogens is 2. The highest BCUT2D eigenvalue weighted by atomic mass is 35.5. The van der Waals surface area contributed by atoms with E-state index in [4.69, 9.17) is 16.6 Å². The molecule has 4 aromatic heterocycles. The number of fused-ring (bicyclic) bond motifs is 1. The van der Waals surface area contributed by atoms with E-state index in [1.807, 2.05) is 6.92 Å². The van der Waals surface area contributed by atoms with Crippen molar-refractivity contribution in [3.63, 3.8) is 0 Å². The summed E-state index contributed by atoms with van der Waals surface area (Å²) in [4.78, 5) is 25.2. The second-order valence-electron chi connectivity index (χ2n) is 7.60. The van der Waals surface area contributed by atoms with Crippen LogP contribution in [-0.4, -0.2) is 41.4 Å². The molecule has 3 N–H and O–H groups in total. The Morgan fingerprint density at radius 3 is 2.76 bits per heavy atom. The number of H-pyrrole nitrogens is 2. The average molecular weight is 465 g/mol. The molecular formula is C23H18ClFN6O2. The van der Waals surface area contributed by atoms with Gasteiger partial charge in [-0.1, -0.05) is 17.7 Å². The summed E-state index contributed by atoms with van der Waals surface area (Å²) in [5, 5.41) is 16.8. The van der Waals surface area contributed by atoms with Gasteiger partial charge >= 0.3 is 0 Å². The van der Waals surface area contributed by atoms with E-state index >= 15 is 0 Å². The van der Waals surface area contributed by atoms with Gasteiger partial charge in [-0.3, -0.25) is 9.89 Å². The maximum absolute atomic E-state index is 13.9. The number of aliphatic hydroxyl groups is 1. The standard InChI is InChI=1S/C23H18ClFN6O2/c1-12-15(9-28-30-12)19-10-27-23-22(29-19)16(8-26-23)13-4-5-31(21(33)7-13)20(11-32)14-2-3-17(24)18(25)6-14/h2-10,20,32H,11H2,1H3,(H,26,27)(H,28,30)/t20-/m1/s1. The van der Waals surface area contributed by atoms with Crippen LogP contribution < -0.4 is 5.56 Å². The molecule has 0 saturated carbocycles. The third kappa shape index (κ3) is 3.71. The summed E-state index contributed by atoms with van der Waals surface area (Å²) in [6, 6.07) is 6.65. The number of pyridine rings is 1. The Morgan fingerprint density at radius 2 is 2.06 bits per heavy atom. The van der Waals surface area contributed by atoms with Crippen molar-refractivity contribution in [2.75, 3.05) is 6.61 Å². The highest BCUT2D eigenvalue weighted by Gasteiger charge is 2.18. The van der Waals surface area contributed by atoms with Gasteiger partial charge in [0.05, 0.1) is 35.8 Å². The largest absolute Gasteiger partial charge is 0.394 e. The zero-order valence-electron chi connectivity index (χ0n) is 17.4. The first-order valence-corrected chi connectivity index (χ1v) is 10.5. The summed E-state index contributed by atoms with van der Waals surface area (Å²) < 4.78 is 15.3. The molecule has 166 valence electrons. The molecule has 0 fully saturated rings. The minimum atomic E-state index is -0.753. The minimum absolute atomic E-state index is 0.0245. The Morgan fingerprint density at radius 1 is 1.21 bits per heavy atom. The van der Waals surface area contributed by atoms with Crippen LogP contribution in [0.2, 0.25) is 5.02 Å². The van der Waals surface area contributed by atoms with Crippen molar-refractivity contribution in [2.45, 2.75) is 13.0 Å². The van der Waals surface area contributed by atoms with Gasteiger partial charge in [0.25, 0.3) is 5.56 Å². The Hall–Kier alpha value is -3.82. The van der Waals surface area contributed by atoms with Crippen LogP contribution in [0.4, 0.5) is 4.39 Å². The molecule has 5 rings (SSSR count). The molecule has 8 nitrogen and oxygen atoms in total. The van der Waals surface area contributed by atoms with Gasteiger partial charge in [0.15, 0.2) is 5.65 Å². The number of aromatic amines is 2. The van der Waals surface area contributed by atoms with E-state index in [1.165, 1.54) is 22.8 Å². The number of aliphatic hydroxyl groups excluding tert-OH is 1. The summed E-state index contributed by atoms with van der Waals surface area (Å²) in [6.45, 7) is 1.52. The lowest BCUT2D eigenvalue weighted by molar-refractivity contribution is 0.247. The number of nitrogens with one attached hydrogen (secondary N) is 2. The molecule has 10 heteroatoms. The second-order valence-corrected chi connectivity index (χ2v) is 8.00. The fourth-order valence-electron chi connectivity index (χ4n) is 3.84. The smallest absolute Gasteiger partial charge is 0.251 e. The number of hydrogen-bond acceptors (Lipinski definition) is 5. The lowest BCUT2D eigenvalue weighted by atomic mass is 10.1. The van der Waals surface area contributed by atoms with Crippen molar-refractivity contribution in [1.29, 1.82) is 0 Å². The normalized spacial score (nSPS) is 12.4. The average Bonchev–Trinajstić information content (AvgIpc) is 3.43. The summed E-state index contributed by atoms with van der Waals surface area (Å²) >= 11 is 5.76. The molecule has 0 aliphatic rings. The molecule has 4 heterocycles. The predicted octanol–water partition coefficient (Wildman–Crippen LogP) is 3.86. The van der Waals surface area contributed by atoms with Gasteiger partial charge in [-0.25, -0.2) is 14.4 Å². The van der Waals surface area contributed by atoms with Crippen LogP contribution in [0.3, 0.4) is 0 Å². The van der Waals surface area contributed by atoms with Crippen molar-refractivity contribution in [3.8, 4) is 22.4 Å². The number of aryl methyl sites for hydroxylation is 1. The summed E-state index contributed by atoms with van der Waals surface area (Å²) in [7, 11) is 0. The first-order valence-electron chi connectivity index (χ1n) is 10.1. The Balaban J connectivity index is 1.56. The lowest BCUT2D eigenvalue weighted by Gasteiger charge is -2.18. The van der Waals surface area contributed by atoms with Gasteiger partial charge in [0, 0.05) is 35.3 Å². The maximum atomic E-state index is 13.9. The first-order chi connectivity index (χ1) is 16.0. The fraction of sp³-hybridized carbons (Fsp3) is 0.130. The number of benzene rings is 1. The van der Waals surface area contributed by atoms with E-state index in [2.05, 4.69) is 20.2 Å². The van der Waals surface area contributed by atoms with Crippen molar-refractivity contribution in [2.24, 2.45) is 0 Å². The van der Waals surface area contributed by atoms with Gasteiger partial charge < -0.3 is 14.7 Å². The van der Waals surface area contributed by atoms with Crippen molar-refractivity contribution < 1.29 is 9.50 Å². The zero-order valence-corrected chi connectivity index (χ0v) is 18.1. The second kappa shape index (κ2) is 8.27. The van der Waals surface area contributed by atoms with Crippen molar-refractivity contribution >= 4 is 22.8 Å². The van der Waals surface area contributed by atoms with E-state index in [9.17, 15) is 14.3 Å². The zero-order chi connectivity index (χ0) is 23.1. The molecule has 0 saturated heterocycles. The quantitative estimate of drug-likeness (QED) is 0.365. The topological polar surface area (TPSA) is 112 Å². The fourth-order valence-corrected chi connectivity index (χ4v) is 3.96. The van der Waals surface area contributed by atoms with Gasteiger partial charge in [-0.15, -0.1) is 0 Å². The molecule has 5 aromatic rings. The molecular weight excluding hydrogens is 447 g/mol. The molecule has 0 aliphatic carbocycles. The summed E-state index contributed by atoms with van der Waals surface area (Å²) in [5.74, 6) is -0.613. The van der Waals surface area contributed by atoms with Crippen molar-refractivity contribution in [3.05, 3.63) is 87.6 Å². The first kappa shape index (κ1) is 21.0. The molecule has 33 heavy (non-hydrogen) atoms. The Bertz CT molecular complexity index is 1540. The van der Waals surface area contributed by atoms with E-state index < -0.39 is 11.9 Å². The van der Waals surface area contributed by atoms with Crippen LogP contribution in [0.25, 0.3) is 33.5 Å². The van der Waals surface area contributed by atoms with E-state index in [0.29, 0.717) is 33.5 Å². The third-order valence-corrected chi connectivity index (χ3v) is 5.89. The molecule has 0 spiro atoms. The molecule has 0 amide bonds. The predicted molar refractivity (Wildman–Crippen MR) is 123 cm³/mol. The molecule has 1 aromatic carbocycles. The van der Waals surface area contributed by atoms with E-state index in [-0.39, 0.29) is 17.2 Å².